The first-order valence-corrected chi connectivity index (χ1v) is 5.92. The van der Waals surface area contributed by atoms with Crippen molar-refractivity contribution >= 4 is 22.3 Å². The second kappa shape index (κ2) is 9.72. The van der Waals surface area contributed by atoms with Gasteiger partial charge in [-0.1, -0.05) is 15.1 Å². The summed E-state index contributed by atoms with van der Waals surface area (Å²) in [5.74, 6) is 1.21. The second-order valence-corrected chi connectivity index (χ2v) is 4.68. The Morgan fingerprint density at radius 2 is 2.20 bits per heavy atom. The Balaban J connectivity index is 0. The quantitative estimate of drug-likeness (QED) is 0.432. The van der Waals surface area contributed by atoms with Crippen LogP contribution in [0.15, 0.2) is 24.5 Å². The second-order valence-electron chi connectivity index (χ2n) is 2.24. The smallest absolute Gasteiger partial charge is 0.810 e. The molecule has 0 radical (unpaired) electrons. The van der Waals surface area contributed by atoms with Gasteiger partial charge in [0.2, 0.25) is 0 Å². The van der Waals surface area contributed by atoms with E-state index in [0.717, 1.165) is 0 Å². The summed E-state index contributed by atoms with van der Waals surface area (Å²) in [6.45, 7) is 0. The number of nitrogens with zero attached hydrogens (tertiary/aromatic N) is 1. The van der Waals surface area contributed by atoms with Gasteiger partial charge >= 0.3 is 59.1 Å². The molecule has 1 aromatic heterocycles. The van der Waals surface area contributed by atoms with Crippen molar-refractivity contribution in [2.75, 3.05) is 0 Å². The fraction of sp³-hybridized carbons (Fsp3) is 0. The van der Waals surface area contributed by atoms with E-state index >= 15 is 0 Å². The van der Waals surface area contributed by atoms with E-state index in [1.807, 2.05) is 0 Å². The molecule has 1 aromatic rings. The Bertz CT molecular complexity index is 319. The molecule has 9 heteroatoms. The van der Waals surface area contributed by atoms with Gasteiger partial charge in [-0.15, -0.1) is 0 Å². The molecule has 0 saturated heterocycles. The zero-order valence-corrected chi connectivity index (χ0v) is 14.5. The standard InChI is InChI=1S/C6H8N2O3P2.2Na/c7-13(10,11-12-9)5-6-2-1-3-8-4-6;;/h1-5,12H,7H2;;/q-2;2*+1. The SMILES string of the molecule is NP([O-])(=Cc1cccnc1)OP[O-].[Na+].[Na+]. The van der Waals surface area contributed by atoms with E-state index in [1.165, 1.54) is 12.0 Å². The summed E-state index contributed by atoms with van der Waals surface area (Å²) in [7, 11) is -4.51. The molecule has 1 rings (SSSR count). The van der Waals surface area contributed by atoms with Crippen molar-refractivity contribution in [2.24, 2.45) is 5.50 Å². The maximum Gasteiger partial charge on any atom is 1.00 e. The number of rotatable bonds is 3. The fourth-order valence-corrected chi connectivity index (χ4v) is 1.99. The predicted molar refractivity (Wildman–Crippen MR) is 49.9 cm³/mol. The van der Waals surface area contributed by atoms with Crippen LogP contribution in [0.1, 0.15) is 5.56 Å². The van der Waals surface area contributed by atoms with Crippen LogP contribution in [-0.4, -0.2) is 10.8 Å². The van der Waals surface area contributed by atoms with Crippen molar-refractivity contribution in [3.63, 3.8) is 0 Å². The predicted octanol–water partition coefficient (Wildman–Crippen LogP) is -6.79. The number of hydrogen-bond acceptors (Lipinski definition) is 5. The molecule has 0 saturated carbocycles. The van der Waals surface area contributed by atoms with Crippen LogP contribution in [-0.2, 0) is 4.31 Å². The van der Waals surface area contributed by atoms with Crippen LogP contribution in [0, 0.1) is 0 Å². The van der Waals surface area contributed by atoms with E-state index in [-0.39, 0.29) is 59.1 Å². The molecule has 0 fully saturated rings. The first kappa shape index (κ1) is 19.1. The van der Waals surface area contributed by atoms with Gasteiger partial charge in [0.15, 0.2) is 0 Å². The topological polar surface area (TPSA) is 94.3 Å². The van der Waals surface area contributed by atoms with Gasteiger partial charge < -0.3 is 19.6 Å². The van der Waals surface area contributed by atoms with E-state index in [4.69, 9.17) is 5.50 Å². The Morgan fingerprint density at radius 1 is 1.53 bits per heavy atom. The van der Waals surface area contributed by atoms with Gasteiger partial charge in [0.05, 0.1) is 0 Å². The van der Waals surface area contributed by atoms with Crippen LogP contribution in [0.25, 0.3) is 0 Å². The summed E-state index contributed by atoms with van der Waals surface area (Å²) >= 11 is 0. The summed E-state index contributed by atoms with van der Waals surface area (Å²) in [6, 6.07) is 3.34. The molecule has 0 aliphatic heterocycles. The third-order valence-electron chi connectivity index (χ3n) is 1.19. The molecule has 2 N–H and O–H groups in total. The molecular weight excluding hydrogens is 256 g/mol. The number of nitrogens with two attached hydrogens (primary N) is 1. The van der Waals surface area contributed by atoms with Crippen molar-refractivity contribution in [3.05, 3.63) is 30.1 Å². The minimum atomic E-state index is -3.38. The first-order chi connectivity index (χ1) is 6.14. The van der Waals surface area contributed by atoms with Crippen molar-refractivity contribution in [1.29, 1.82) is 0 Å². The van der Waals surface area contributed by atoms with Gasteiger partial charge in [-0.05, 0) is 24.9 Å². The van der Waals surface area contributed by atoms with Gasteiger partial charge in [0.25, 0.3) is 0 Å². The molecule has 0 aliphatic rings. The molecule has 0 spiro atoms. The molecule has 1 heterocycles. The van der Waals surface area contributed by atoms with Crippen LogP contribution in [0.4, 0.5) is 0 Å². The number of hydrogen-bond donors (Lipinski definition) is 1. The molecular formula is C6H8N2Na2O3P2. The summed E-state index contributed by atoms with van der Waals surface area (Å²) in [4.78, 5) is 25.1. The molecule has 72 valence electrons. The Hall–Kier alpha value is 1.72. The van der Waals surface area contributed by atoms with E-state index in [0.29, 0.717) is 5.56 Å². The van der Waals surface area contributed by atoms with Gasteiger partial charge in [-0.3, -0.25) is 4.98 Å². The maximum absolute atomic E-state index is 11.3. The molecule has 0 amide bonds. The molecule has 0 bridgehead atoms. The largest absolute Gasteiger partial charge is 1.00 e. The zero-order valence-electron chi connectivity index (χ0n) is 8.58. The monoisotopic (exact) mass is 264 g/mol. The van der Waals surface area contributed by atoms with Gasteiger partial charge in [0, 0.05) is 12.4 Å². The van der Waals surface area contributed by atoms with Crippen LogP contribution >= 0.6 is 16.5 Å². The minimum absolute atomic E-state index is 0. The average Bonchev–Trinajstić information content (AvgIpc) is 2.04. The maximum atomic E-state index is 11.3. The molecule has 2 atom stereocenters. The summed E-state index contributed by atoms with van der Waals surface area (Å²) in [5.41, 5.74) is 5.79. The molecule has 0 aliphatic carbocycles. The first-order valence-electron chi connectivity index (χ1n) is 3.34. The van der Waals surface area contributed by atoms with E-state index in [1.54, 1.807) is 18.3 Å². The normalized spacial score (nSPS) is 13.8. The Kier molecular flexibility index (Phi) is 12.4. The van der Waals surface area contributed by atoms with E-state index < -0.39 is 16.5 Å². The van der Waals surface area contributed by atoms with Crippen molar-refractivity contribution in [3.8, 4) is 0 Å². The summed E-state index contributed by atoms with van der Waals surface area (Å²) in [6.07, 6.45) is 3.06. The molecule has 15 heavy (non-hydrogen) atoms. The van der Waals surface area contributed by atoms with Gasteiger partial charge in [-0.2, -0.15) is 0 Å². The number of pyridine rings is 1. The van der Waals surface area contributed by atoms with E-state index in [2.05, 4.69) is 9.29 Å². The minimum Gasteiger partial charge on any atom is -0.810 e. The van der Waals surface area contributed by atoms with Crippen molar-refractivity contribution in [1.82, 2.24) is 4.98 Å². The van der Waals surface area contributed by atoms with Crippen LogP contribution < -0.4 is 74.4 Å². The van der Waals surface area contributed by atoms with E-state index in [9.17, 15) is 9.79 Å². The third-order valence-corrected chi connectivity index (χ3v) is 3.29. The zero-order chi connectivity index (χ0) is 9.73. The third kappa shape index (κ3) is 8.44. The van der Waals surface area contributed by atoms with Crippen LogP contribution in [0.2, 0.25) is 0 Å². The number of aromatic nitrogens is 1. The summed E-state index contributed by atoms with van der Waals surface area (Å²) < 4.78 is 4.36. The molecule has 0 aromatic carbocycles. The Labute approximate surface area is 135 Å². The molecule has 2 unspecified atom stereocenters. The van der Waals surface area contributed by atoms with Crippen LogP contribution in [0.5, 0.6) is 0 Å². The van der Waals surface area contributed by atoms with Gasteiger partial charge in [-0.25, -0.2) is 0 Å². The molecule has 5 nitrogen and oxygen atoms in total. The van der Waals surface area contributed by atoms with Crippen molar-refractivity contribution in [2.45, 2.75) is 0 Å². The fourth-order valence-electron chi connectivity index (χ4n) is 0.745. The average molecular weight is 264 g/mol. The Morgan fingerprint density at radius 3 is 2.67 bits per heavy atom. The van der Waals surface area contributed by atoms with Crippen LogP contribution in [0.3, 0.4) is 0 Å². The van der Waals surface area contributed by atoms with Gasteiger partial charge in [0.1, 0.15) is 0 Å². The summed E-state index contributed by atoms with van der Waals surface area (Å²) in [5, 5.41) is 0. The van der Waals surface area contributed by atoms with Crippen molar-refractivity contribution < 1.29 is 73.2 Å².